The van der Waals surface area contributed by atoms with Crippen LogP contribution < -0.4 is 4.90 Å². The van der Waals surface area contributed by atoms with E-state index in [2.05, 4.69) is 49.6 Å². The van der Waals surface area contributed by atoms with Gasteiger partial charge in [-0.25, -0.2) is 4.98 Å². The van der Waals surface area contributed by atoms with Crippen LogP contribution in [0.1, 0.15) is 71.5 Å². The van der Waals surface area contributed by atoms with Gasteiger partial charge in [-0.05, 0) is 64.4 Å². The Hall–Kier alpha value is -4.69. The molecule has 0 spiro atoms. The molecule has 5 nitrogen and oxygen atoms in total. The molecule has 0 bridgehead atoms. The van der Waals surface area contributed by atoms with Gasteiger partial charge in [-0.1, -0.05) is 81.4 Å². The summed E-state index contributed by atoms with van der Waals surface area (Å²) < 4.78 is 2.28. The fourth-order valence-corrected chi connectivity index (χ4v) is 5.77. The van der Waals surface area contributed by atoms with E-state index in [0.717, 1.165) is 68.8 Å². The molecule has 1 aromatic heterocycles. The molecular weight excluding hydrogens is 492 g/mol. The number of fused-ring (bicyclic) bond motifs is 2. The highest BCUT2D eigenvalue weighted by molar-refractivity contribution is 6.10. The van der Waals surface area contributed by atoms with Crippen molar-refractivity contribution in [3.8, 4) is 17.2 Å². The Morgan fingerprint density at radius 1 is 0.950 bits per heavy atom. The summed E-state index contributed by atoms with van der Waals surface area (Å²) in [7, 11) is 0. The average Bonchev–Trinajstić information content (AvgIpc) is 3.50. The van der Waals surface area contributed by atoms with E-state index in [9.17, 15) is 10.1 Å². The Bertz CT molecular complexity index is 1780. The first-order valence-corrected chi connectivity index (χ1v) is 14.0. The smallest absolute Gasteiger partial charge is 0.258 e. The minimum Gasteiger partial charge on any atom is -0.323 e. The normalized spacial score (nSPS) is 12.8. The number of carbonyl (C=O) groups excluding carboxylic acids is 1. The van der Waals surface area contributed by atoms with E-state index in [0.29, 0.717) is 18.7 Å². The van der Waals surface area contributed by atoms with Gasteiger partial charge >= 0.3 is 0 Å². The molecule has 40 heavy (non-hydrogen) atoms. The molecular formula is C35H32N4O. The number of anilines is 1. The first-order chi connectivity index (χ1) is 19.5. The third kappa shape index (κ3) is 4.46. The quantitative estimate of drug-likeness (QED) is 0.218. The Morgan fingerprint density at radius 3 is 2.45 bits per heavy atom. The van der Waals surface area contributed by atoms with Gasteiger partial charge in [-0.2, -0.15) is 5.26 Å². The summed E-state index contributed by atoms with van der Waals surface area (Å²) in [6.07, 6.45) is 1.83. The molecule has 0 N–H and O–H groups in total. The van der Waals surface area contributed by atoms with Gasteiger partial charge in [0, 0.05) is 24.2 Å². The molecule has 5 aromatic rings. The minimum atomic E-state index is 0.0414. The van der Waals surface area contributed by atoms with E-state index >= 15 is 0 Å². The Kier molecular flexibility index (Phi) is 6.69. The largest absolute Gasteiger partial charge is 0.323 e. The summed E-state index contributed by atoms with van der Waals surface area (Å²) in [4.78, 5) is 20.4. The molecule has 0 saturated heterocycles. The maximum absolute atomic E-state index is 13.4. The number of amides is 1. The third-order valence-electron chi connectivity index (χ3n) is 7.81. The molecule has 0 unspecified atom stereocenters. The van der Waals surface area contributed by atoms with Gasteiger partial charge in [0.1, 0.15) is 5.82 Å². The SMILES string of the molecule is CCCc1nc2c(C(C)C)cc(N3Cc4ccccc4C3=O)cc2n1Cc1ccc(-c2ccccc2)c(C#N)c1. The van der Waals surface area contributed by atoms with Crippen molar-refractivity contribution in [2.75, 3.05) is 4.90 Å². The van der Waals surface area contributed by atoms with Crippen LogP contribution in [0.25, 0.3) is 22.2 Å². The van der Waals surface area contributed by atoms with Gasteiger partial charge in [0.15, 0.2) is 0 Å². The lowest BCUT2D eigenvalue weighted by Crippen LogP contribution is -2.23. The molecule has 0 saturated carbocycles. The van der Waals surface area contributed by atoms with Crippen LogP contribution in [0.2, 0.25) is 0 Å². The number of aryl methyl sites for hydroxylation is 1. The van der Waals surface area contributed by atoms with Crippen LogP contribution in [0, 0.1) is 11.3 Å². The van der Waals surface area contributed by atoms with E-state index in [4.69, 9.17) is 4.98 Å². The number of imidazole rings is 1. The Labute approximate surface area is 235 Å². The summed E-state index contributed by atoms with van der Waals surface area (Å²) in [5.74, 6) is 1.31. The van der Waals surface area contributed by atoms with Crippen molar-refractivity contribution in [3.63, 3.8) is 0 Å². The predicted octanol–water partition coefficient (Wildman–Crippen LogP) is 7.86. The van der Waals surface area contributed by atoms with E-state index in [1.54, 1.807) is 0 Å². The molecule has 2 heterocycles. The van der Waals surface area contributed by atoms with E-state index in [1.165, 1.54) is 0 Å². The second kappa shape index (κ2) is 10.5. The molecule has 1 amide bonds. The zero-order valence-corrected chi connectivity index (χ0v) is 23.2. The molecule has 5 heteroatoms. The molecule has 0 atom stereocenters. The van der Waals surface area contributed by atoms with Gasteiger partial charge < -0.3 is 9.47 Å². The van der Waals surface area contributed by atoms with E-state index < -0.39 is 0 Å². The molecule has 4 aromatic carbocycles. The molecule has 0 aliphatic carbocycles. The van der Waals surface area contributed by atoms with Crippen molar-refractivity contribution in [2.24, 2.45) is 0 Å². The van der Waals surface area contributed by atoms with Crippen LogP contribution in [0.3, 0.4) is 0 Å². The highest BCUT2D eigenvalue weighted by Crippen LogP contribution is 2.36. The summed E-state index contributed by atoms with van der Waals surface area (Å²) in [6.45, 7) is 7.70. The summed E-state index contributed by atoms with van der Waals surface area (Å²) in [5.41, 5.74) is 9.58. The van der Waals surface area contributed by atoms with Crippen LogP contribution >= 0.6 is 0 Å². The topological polar surface area (TPSA) is 61.9 Å². The van der Waals surface area contributed by atoms with Crippen molar-refractivity contribution in [2.45, 2.75) is 52.6 Å². The van der Waals surface area contributed by atoms with Gasteiger partial charge in [0.05, 0.1) is 29.2 Å². The maximum atomic E-state index is 13.4. The van der Waals surface area contributed by atoms with Crippen molar-refractivity contribution >= 4 is 22.6 Å². The highest BCUT2D eigenvalue weighted by Gasteiger charge is 2.29. The van der Waals surface area contributed by atoms with Crippen molar-refractivity contribution in [3.05, 3.63) is 119 Å². The van der Waals surface area contributed by atoms with Crippen LogP contribution in [-0.2, 0) is 19.5 Å². The monoisotopic (exact) mass is 524 g/mol. The summed E-state index contributed by atoms with van der Waals surface area (Å²) in [6, 6.07) is 30.7. The average molecular weight is 525 g/mol. The predicted molar refractivity (Wildman–Crippen MR) is 160 cm³/mol. The van der Waals surface area contributed by atoms with Gasteiger partial charge in [-0.15, -0.1) is 0 Å². The second-order valence-electron chi connectivity index (χ2n) is 10.8. The van der Waals surface area contributed by atoms with E-state index in [1.807, 2.05) is 71.6 Å². The molecule has 1 aliphatic rings. The molecule has 1 aliphatic heterocycles. The molecule has 0 radical (unpaired) electrons. The van der Waals surface area contributed by atoms with Crippen LogP contribution in [-0.4, -0.2) is 15.5 Å². The first kappa shape index (κ1) is 25.6. The summed E-state index contributed by atoms with van der Waals surface area (Å²) in [5, 5.41) is 9.99. The number of aromatic nitrogens is 2. The number of nitriles is 1. The lowest BCUT2D eigenvalue weighted by Gasteiger charge is -2.19. The number of rotatable bonds is 7. The Balaban J connectivity index is 1.46. The van der Waals surface area contributed by atoms with Crippen molar-refractivity contribution in [1.82, 2.24) is 9.55 Å². The number of nitrogens with zero attached hydrogens (tertiary/aromatic N) is 4. The van der Waals surface area contributed by atoms with Gasteiger partial charge in [0.25, 0.3) is 5.91 Å². The maximum Gasteiger partial charge on any atom is 0.258 e. The fourth-order valence-electron chi connectivity index (χ4n) is 5.77. The molecule has 0 fully saturated rings. The second-order valence-corrected chi connectivity index (χ2v) is 10.8. The molecule has 198 valence electrons. The van der Waals surface area contributed by atoms with Crippen molar-refractivity contribution < 1.29 is 4.79 Å². The van der Waals surface area contributed by atoms with Crippen molar-refractivity contribution in [1.29, 1.82) is 5.26 Å². The lowest BCUT2D eigenvalue weighted by molar-refractivity contribution is 0.0996. The van der Waals surface area contributed by atoms with Gasteiger partial charge in [-0.3, -0.25) is 4.79 Å². The standard InChI is InChI=1S/C35H32N4O/c1-4-10-33-37-34-31(23(2)3)18-28(38-22-26-13-8-9-14-30(26)35(38)40)19-32(34)39(33)21-24-15-16-29(27(17-24)20-36)25-11-6-5-7-12-25/h5-9,11-19,23H,4,10,21-22H2,1-3H3. The van der Waals surface area contributed by atoms with Gasteiger partial charge in [0.2, 0.25) is 0 Å². The number of hydrogen-bond donors (Lipinski definition) is 0. The van der Waals surface area contributed by atoms with Crippen LogP contribution in [0.15, 0.2) is 84.9 Å². The minimum absolute atomic E-state index is 0.0414. The third-order valence-corrected chi connectivity index (χ3v) is 7.81. The van der Waals surface area contributed by atoms with Crippen LogP contribution in [0.4, 0.5) is 5.69 Å². The highest BCUT2D eigenvalue weighted by atomic mass is 16.2. The Morgan fingerprint density at radius 2 is 1.73 bits per heavy atom. The summed E-state index contributed by atoms with van der Waals surface area (Å²) >= 11 is 0. The van der Waals surface area contributed by atoms with E-state index in [-0.39, 0.29) is 11.8 Å². The fraction of sp³-hybridized carbons (Fsp3) is 0.229. The number of benzene rings is 4. The number of hydrogen-bond acceptors (Lipinski definition) is 3. The first-order valence-electron chi connectivity index (χ1n) is 14.0. The number of carbonyl (C=O) groups is 1. The zero-order valence-electron chi connectivity index (χ0n) is 23.2. The van der Waals surface area contributed by atoms with Crippen LogP contribution in [0.5, 0.6) is 0 Å². The molecule has 6 rings (SSSR count). The lowest BCUT2D eigenvalue weighted by atomic mass is 9.98. The zero-order chi connectivity index (χ0) is 27.8.